The van der Waals surface area contributed by atoms with E-state index in [2.05, 4.69) is 9.98 Å². The zero-order valence-corrected chi connectivity index (χ0v) is 11.3. The van der Waals surface area contributed by atoms with Crippen molar-refractivity contribution in [2.45, 2.75) is 38.1 Å². The molecular formula is C15H22N4. The average molecular weight is 258 g/mol. The summed E-state index contributed by atoms with van der Waals surface area (Å²) in [6.07, 6.45) is 5.33. The zero-order chi connectivity index (χ0) is 13.5. The van der Waals surface area contributed by atoms with Crippen molar-refractivity contribution in [2.75, 3.05) is 6.54 Å². The van der Waals surface area contributed by atoms with Gasteiger partial charge in [0.25, 0.3) is 0 Å². The maximum absolute atomic E-state index is 5.96. The van der Waals surface area contributed by atoms with Crippen LogP contribution in [0, 0.1) is 0 Å². The molecule has 0 radical (unpaired) electrons. The van der Waals surface area contributed by atoms with Gasteiger partial charge in [0.2, 0.25) is 0 Å². The fourth-order valence-corrected chi connectivity index (χ4v) is 2.29. The highest BCUT2D eigenvalue weighted by molar-refractivity contribution is 5.97. The zero-order valence-electron chi connectivity index (χ0n) is 11.3. The molecule has 1 aromatic rings. The summed E-state index contributed by atoms with van der Waals surface area (Å²) in [5.74, 6) is 1.40. The molecule has 0 aliphatic carbocycles. The van der Waals surface area contributed by atoms with Crippen molar-refractivity contribution in [3.63, 3.8) is 0 Å². The lowest BCUT2D eigenvalue weighted by Crippen LogP contribution is -2.16. The van der Waals surface area contributed by atoms with Gasteiger partial charge in [-0.3, -0.25) is 9.98 Å². The summed E-state index contributed by atoms with van der Waals surface area (Å²) in [7, 11) is 0. The van der Waals surface area contributed by atoms with Crippen molar-refractivity contribution < 1.29 is 0 Å². The molecule has 1 aliphatic rings. The molecule has 1 unspecified atom stereocenters. The molecule has 0 saturated heterocycles. The minimum absolute atomic E-state index is 0.315. The number of nitrogens with zero attached hydrogens (tertiary/aromatic N) is 2. The number of amidine groups is 2. The molecule has 0 amide bonds. The van der Waals surface area contributed by atoms with E-state index in [1.165, 1.54) is 6.42 Å². The van der Waals surface area contributed by atoms with Crippen LogP contribution in [0.2, 0.25) is 0 Å². The van der Waals surface area contributed by atoms with Crippen molar-refractivity contribution in [3.05, 3.63) is 35.9 Å². The van der Waals surface area contributed by atoms with E-state index in [0.29, 0.717) is 18.4 Å². The van der Waals surface area contributed by atoms with Crippen LogP contribution in [0.15, 0.2) is 40.3 Å². The molecule has 1 aromatic carbocycles. The Kier molecular flexibility index (Phi) is 4.95. The van der Waals surface area contributed by atoms with Gasteiger partial charge in [0.1, 0.15) is 5.84 Å². The van der Waals surface area contributed by atoms with E-state index >= 15 is 0 Å². The first-order valence-electron chi connectivity index (χ1n) is 6.93. The van der Waals surface area contributed by atoms with Crippen LogP contribution < -0.4 is 11.5 Å². The first kappa shape index (κ1) is 13.6. The second kappa shape index (κ2) is 6.92. The molecule has 102 valence electrons. The van der Waals surface area contributed by atoms with Crippen molar-refractivity contribution in [3.8, 4) is 0 Å². The third-order valence-corrected chi connectivity index (χ3v) is 3.38. The fraction of sp³-hybridized carbons (Fsp3) is 0.467. The minimum Gasteiger partial charge on any atom is -0.387 e. The van der Waals surface area contributed by atoms with E-state index in [-0.39, 0.29) is 0 Å². The van der Waals surface area contributed by atoms with Gasteiger partial charge in [0.05, 0.1) is 11.9 Å². The third kappa shape index (κ3) is 4.39. The molecule has 1 aliphatic heterocycles. The normalized spacial score (nSPS) is 20.7. The number of nitrogens with two attached hydrogens (primary N) is 2. The SMILES string of the molecule is NC1=NC(CCN=C(N)c2ccccc2)CCCC1. The minimum atomic E-state index is 0.315. The standard InChI is InChI=1S/C15H22N4/c16-14-9-5-4-8-13(19-14)10-11-18-15(17)12-6-2-1-3-7-12/h1-3,6-7,13H,4-5,8-11H2,(H2,16,19)(H2,17,18). The molecule has 1 atom stereocenters. The van der Waals surface area contributed by atoms with Crippen LogP contribution in [0.1, 0.15) is 37.7 Å². The van der Waals surface area contributed by atoms with Crippen LogP contribution in [-0.2, 0) is 0 Å². The summed E-state index contributed by atoms with van der Waals surface area (Å²) in [4.78, 5) is 8.96. The van der Waals surface area contributed by atoms with Crippen molar-refractivity contribution >= 4 is 11.7 Å². The number of hydrogen-bond acceptors (Lipinski definition) is 3. The number of aliphatic imine (C=N–C) groups is 2. The second-order valence-corrected chi connectivity index (χ2v) is 4.94. The second-order valence-electron chi connectivity index (χ2n) is 4.94. The maximum atomic E-state index is 5.96. The van der Waals surface area contributed by atoms with Gasteiger partial charge >= 0.3 is 0 Å². The first-order chi connectivity index (χ1) is 9.25. The van der Waals surface area contributed by atoms with Gasteiger partial charge in [-0.1, -0.05) is 36.8 Å². The molecule has 19 heavy (non-hydrogen) atoms. The molecule has 0 saturated carbocycles. The molecule has 0 fully saturated rings. The summed E-state index contributed by atoms with van der Waals surface area (Å²) < 4.78 is 0. The Morgan fingerprint density at radius 2 is 2.05 bits per heavy atom. The van der Waals surface area contributed by atoms with Gasteiger partial charge in [-0.25, -0.2) is 0 Å². The quantitative estimate of drug-likeness (QED) is 0.640. The molecular weight excluding hydrogens is 236 g/mol. The van der Waals surface area contributed by atoms with E-state index in [1.807, 2.05) is 30.3 Å². The van der Waals surface area contributed by atoms with Gasteiger partial charge in [-0.2, -0.15) is 0 Å². The van der Waals surface area contributed by atoms with E-state index < -0.39 is 0 Å². The predicted molar refractivity (Wildman–Crippen MR) is 80.5 cm³/mol. The van der Waals surface area contributed by atoms with Gasteiger partial charge in [0.15, 0.2) is 0 Å². The third-order valence-electron chi connectivity index (χ3n) is 3.38. The lowest BCUT2D eigenvalue weighted by atomic mass is 10.1. The summed E-state index contributed by atoms with van der Waals surface area (Å²) in [6, 6.07) is 10.2. The number of benzene rings is 1. The van der Waals surface area contributed by atoms with Gasteiger partial charge < -0.3 is 11.5 Å². The molecule has 4 N–H and O–H groups in total. The smallest absolute Gasteiger partial charge is 0.125 e. The van der Waals surface area contributed by atoms with Gasteiger partial charge in [0, 0.05) is 18.5 Å². The Hall–Kier alpha value is -1.84. The summed E-state index contributed by atoms with van der Waals surface area (Å²) >= 11 is 0. The van der Waals surface area contributed by atoms with Crippen LogP contribution >= 0.6 is 0 Å². The largest absolute Gasteiger partial charge is 0.387 e. The predicted octanol–water partition coefficient (Wildman–Crippen LogP) is 2.08. The average Bonchev–Trinajstić information content (AvgIpc) is 2.64. The Bertz CT molecular complexity index is 450. The van der Waals surface area contributed by atoms with Gasteiger partial charge in [-0.15, -0.1) is 0 Å². The van der Waals surface area contributed by atoms with E-state index in [9.17, 15) is 0 Å². The highest BCUT2D eigenvalue weighted by Gasteiger charge is 2.11. The summed E-state index contributed by atoms with van der Waals surface area (Å²) in [5, 5.41) is 0. The van der Waals surface area contributed by atoms with E-state index in [0.717, 1.165) is 37.1 Å². The Morgan fingerprint density at radius 3 is 2.84 bits per heavy atom. The molecule has 0 spiro atoms. The van der Waals surface area contributed by atoms with Crippen LogP contribution in [0.4, 0.5) is 0 Å². The highest BCUT2D eigenvalue weighted by atomic mass is 14.9. The lowest BCUT2D eigenvalue weighted by molar-refractivity contribution is 0.560. The summed E-state index contributed by atoms with van der Waals surface area (Å²) in [5.41, 5.74) is 12.8. The lowest BCUT2D eigenvalue weighted by Gasteiger charge is -2.09. The molecule has 1 heterocycles. The van der Waals surface area contributed by atoms with Crippen LogP contribution in [-0.4, -0.2) is 24.3 Å². The Morgan fingerprint density at radius 1 is 1.26 bits per heavy atom. The Labute approximate surface area is 114 Å². The van der Waals surface area contributed by atoms with Crippen molar-refractivity contribution in [2.24, 2.45) is 21.5 Å². The maximum Gasteiger partial charge on any atom is 0.125 e. The fourth-order valence-electron chi connectivity index (χ4n) is 2.29. The summed E-state index contributed by atoms with van der Waals surface area (Å²) in [6.45, 7) is 0.710. The van der Waals surface area contributed by atoms with Crippen molar-refractivity contribution in [1.29, 1.82) is 0 Å². The topological polar surface area (TPSA) is 76.8 Å². The van der Waals surface area contributed by atoms with Crippen LogP contribution in [0.3, 0.4) is 0 Å². The van der Waals surface area contributed by atoms with Gasteiger partial charge in [-0.05, 0) is 19.3 Å². The molecule has 4 nitrogen and oxygen atoms in total. The van der Waals surface area contributed by atoms with Crippen LogP contribution in [0.25, 0.3) is 0 Å². The first-order valence-corrected chi connectivity index (χ1v) is 6.93. The number of hydrogen-bond donors (Lipinski definition) is 2. The van der Waals surface area contributed by atoms with E-state index in [4.69, 9.17) is 11.5 Å². The molecule has 2 rings (SSSR count). The highest BCUT2D eigenvalue weighted by Crippen LogP contribution is 2.15. The van der Waals surface area contributed by atoms with Crippen LogP contribution in [0.5, 0.6) is 0 Å². The van der Waals surface area contributed by atoms with Crippen molar-refractivity contribution in [1.82, 2.24) is 0 Å². The molecule has 0 aromatic heterocycles. The number of rotatable bonds is 4. The monoisotopic (exact) mass is 258 g/mol. The molecule has 0 bridgehead atoms. The van der Waals surface area contributed by atoms with E-state index in [1.54, 1.807) is 0 Å². The Balaban J connectivity index is 1.87. The molecule has 4 heteroatoms.